The van der Waals surface area contributed by atoms with Gasteiger partial charge in [-0.05, 0) is 25.7 Å². The van der Waals surface area contributed by atoms with Crippen LogP contribution in [0.1, 0.15) is 45.4 Å². The zero-order valence-electron chi connectivity index (χ0n) is 11.6. The van der Waals surface area contributed by atoms with Crippen LogP contribution in [0.3, 0.4) is 0 Å². The molecule has 2 aliphatic rings. The number of likely N-dealkylation sites (tertiary alicyclic amines) is 1. The van der Waals surface area contributed by atoms with Crippen molar-refractivity contribution >= 4 is 5.91 Å². The molecular weight excluding hydrogens is 228 g/mol. The molecule has 0 radical (unpaired) electrons. The first-order chi connectivity index (χ1) is 8.59. The molecule has 104 valence electrons. The number of nitrogens with zero attached hydrogens (tertiary/aromatic N) is 2. The minimum atomic E-state index is -0.138. The second-order valence-electron chi connectivity index (χ2n) is 5.82. The van der Waals surface area contributed by atoms with E-state index in [9.17, 15) is 9.90 Å². The van der Waals surface area contributed by atoms with Crippen molar-refractivity contribution < 1.29 is 9.90 Å². The van der Waals surface area contributed by atoms with Crippen molar-refractivity contribution in [3.63, 3.8) is 0 Å². The van der Waals surface area contributed by atoms with Crippen molar-refractivity contribution in [1.29, 1.82) is 0 Å². The van der Waals surface area contributed by atoms with Crippen LogP contribution in [0.15, 0.2) is 0 Å². The summed E-state index contributed by atoms with van der Waals surface area (Å²) < 4.78 is 0. The lowest BCUT2D eigenvalue weighted by Gasteiger charge is -2.43. The fourth-order valence-corrected chi connectivity index (χ4v) is 3.38. The van der Waals surface area contributed by atoms with Gasteiger partial charge in [-0.1, -0.05) is 12.8 Å². The number of piperidine rings is 1. The first kappa shape index (κ1) is 13.8. The van der Waals surface area contributed by atoms with Crippen LogP contribution in [0.2, 0.25) is 0 Å². The van der Waals surface area contributed by atoms with E-state index < -0.39 is 0 Å². The number of rotatable bonds is 2. The summed E-state index contributed by atoms with van der Waals surface area (Å²) in [5.41, 5.74) is 0. The normalized spacial score (nSPS) is 31.3. The lowest BCUT2D eigenvalue weighted by Crippen LogP contribution is -2.52. The molecule has 1 saturated heterocycles. The third-order valence-corrected chi connectivity index (χ3v) is 4.71. The highest BCUT2D eigenvalue weighted by Crippen LogP contribution is 2.26. The highest BCUT2D eigenvalue weighted by Gasteiger charge is 2.32. The Morgan fingerprint density at radius 2 is 1.78 bits per heavy atom. The van der Waals surface area contributed by atoms with Crippen LogP contribution < -0.4 is 0 Å². The number of carbonyl (C=O) groups excluding carboxylic acids is 1. The van der Waals surface area contributed by atoms with Crippen LogP contribution in [0, 0.1) is 0 Å². The molecule has 2 rings (SSSR count). The van der Waals surface area contributed by atoms with Crippen molar-refractivity contribution in [3.05, 3.63) is 0 Å². The Morgan fingerprint density at radius 1 is 1.17 bits per heavy atom. The Kier molecular flexibility index (Phi) is 4.62. The van der Waals surface area contributed by atoms with Crippen molar-refractivity contribution in [2.45, 2.75) is 63.6 Å². The van der Waals surface area contributed by atoms with Crippen LogP contribution >= 0.6 is 0 Å². The zero-order chi connectivity index (χ0) is 13.1. The Hall–Kier alpha value is -0.610. The number of amides is 1. The Labute approximate surface area is 110 Å². The van der Waals surface area contributed by atoms with Gasteiger partial charge in [-0.25, -0.2) is 0 Å². The monoisotopic (exact) mass is 254 g/mol. The predicted octanol–water partition coefficient (Wildman–Crippen LogP) is 1.23. The minimum absolute atomic E-state index is 0.138. The van der Waals surface area contributed by atoms with Crippen LogP contribution in [0.4, 0.5) is 0 Å². The van der Waals surface area contributed by atoms with Crippen LogP contribution in [-0.4, -0.2) is 59.1 Å². The summed E-state index contributed by atoms with van der Waals surface area (Å²) in [6, 6.07) is 0.752. The molecule has 0 spiro atoms. The summed E-state index contributed by atoms with van der Waals surface area (Å²) in [5, 5.41) is 10.1. The summed E-state index contributed by atoms with van der Waals surface area (Å²) in [5.74, 6) is 0.158. The van der Waals surface area contributed by atoms with E-state index in [1.807, 2.05) is 11.9 Å². The smallest absolute Gasteiger partial charge is 0.219 e. The molecule has 1 aliphatic carbocycles. The third-order valence-electron chi connectivity index (χ3n) is 4.71. The lowest BCUT2D eigenvalue weighted by molar-refractivity contribution is -0.130. The van der Waals surface area contributed by atoms with Crippen LogP contribution in [-0.2, 0) is 4.79 Å². The van der Waals surface area contributed by atoms with Gasteiger partial charge in [0.1, 0.15) is 0 Å². The van der Waals surface area contributed by atoms with Gasteiger partial charge in [0, 0.05) is 39.1 Å². The standard InChI is InChI=1S/C14H26N2O2/c1-11(17)15(2)12-7-9-16(10-8-12)13-5-3-4-6-14(13)18/h12-14,18H,3-10H2,1-2H3. The number of carbonyl (C=O) groups is 1. The largest absolute Gasteiger partial charge is 0.391 e. The summed E-state index contributed by atoms with van der Waals surface area (Å²) in [6.07, 6.45) is 6.45. The van der Waals surface area contributed by atoms with E-state index >= 15 is 0 Å². The number of aliphatic hydroxyl groups excluding tert-OH is 1. The number of hydrogen-bond acceptors (Lipinski definition) is 3. The van der Waals surface area contributed by atoms with E-state index in [2.05, 4.69) is 4.90 Å². The summed E-state index contributed by atoms with van der Waals surface area (Å²) in [4.78, 5) is 15.7. The summed E-state index contributed by atoms with van der Waals surface area (Å²) in [6.45, 7) is 3.67. The Morgan fingerprint density at radius 3 is 2.33 bits per heavy atom. The molecule has 4 heteroatoms. The molecule has 2 unspecified atom stereocenters. The van der Waals surface area contributed by atoms with Gasteiger partial charge >= 0.3 is 0 Å². The van der Waals surface area contributed by atoms with E-state index in [1.54, 1.807) is 6.92 Å². The maximum atomic E-state index is 11.4. The Bertz CT molecular complexity index is 288. The van der Waals surface area contributed by atoms with Gasteiger partial charge in [-0.3, -0.25) is 9.69 Å². The molecule has 0 aromatic carbocycles. The van der Waals surface area contributed by atoms with E-state index in [4.69, 9.17) is 0 Å². The maximum absolute atomic E-state index is 11.4. The summed E-state index contributed by atoms with van der Waals surface area (Å²) in [7, 11) is 1.90. The van der Waals surface area contributed by atoms with Crippen LogP contribution in [0.5, 0.6) is 0 Å². The van der Waals surface area contributed by atoms with Crippen LogP contribution in [0.25, 0.3) is 0 Å². The first-order valence-corrected chi connectivity index (χ1v) is 7.25. The molecule has 1 saturated carbocycles. The first-order valence-electron chi connectivity index (χ1n) is 7.25. The van der Waals surface area contributed by atoms with E-state index in [0.29, 0.717) is 12.1 Å². The highest BCUT2D eigenvalue weighted by atomic mass is 16.3. The van der Waals surface area contributed by atoms with Crippen molar-refractivity contribution in [1.82, 2.24) is 9.80 Å². The van der Waals surface area contributed by atoms with Crippen molar-refractivity contribution in [2.24, 2.45) is 0 Å². The second-order valence-corrected chi connectivity index (χ2v) is 5.82. The molecule has 1 N–H and O–H groups in total. The predicted molar refractivity (Wildman–Crippen MR) is 71.3 cm³/mol. The fourth-order valence-electron chi connectivity index (χ4n) is 3.38. The topological polar surface area (TPSA) is 43.8 Å². The average Bonchev–Trinajstić information content (AvgIpc) is 2.38. The summed E-state index contributed by atoms with van der Waals surface area (Å²) >= 11 is 0. The molecule has 1 aliphatic heterocycles. The zero-order valence-corrected chi connectivity index (χ0v) is 11.6. The van der Waals surface area contributed by atoms with E-state index in [1.165, 1.54) is 12.8 Å². The van der Waals surface area contributed by atoms with Gasteiger partial charge in [0.05, 0.1) is 6.10 Å². The van der Waals surface area contributed by atoms with Gasteiger partial charge in [0.15, 0.2) is 0 Å². The molecule has 2 fully saturated rings. The molecule has 0 bridgehead atoms. The van der Waals surface area contributed by atoms with Gasteiger partial charge in [-0.2, -0.15) is 0 Å². The van der Waals surface area contributed by atoms with Gasteiger partial charge in [0.25, 0.3) is 0 Å². The van der Waals surface area contributed by atoms with Gasteiger partial charge < -0.3 is 10.0 Å². The van der Waals surface area contributed by atoms with E-state index in [0.717, 1.165) is 38.8 Å². The average molecular weight is 254 g/mol. The SMILES string of the molecule is CC(=O)N(C)C1CCN(C2CCCCC2O)CC1. The molecule has 18 heavy (non-hydrogen) atoms. The molecule has 0 aromatic heterocycles. The number of aliphatic hydroxyl groups is 1. The molecule has 1 heterocycles. The molecule has 2 atom stereocenters. The van der Waals surface area contributed by atoms with E-state index in [-0.39, 0.29) is 12.0 Å². The maximum Gasteiger partial charge on any atom is 0.219 e. The quantitative estimate of drug-likeness (QED) is 0.806. The molecule has 4 nitrogen and oxygen atoms in total. The third kappa shape index (κ3) is 3.04. The molecular formula is C14H26N2O2. The molecule has 1 amide bonds. The Balaban J connectivity index is 1.84. The fraction of sp³-hybridized carbons (Fsp3) is 0.929. The highest BCUT2D eigenvalue weighted by molar-refractivity contribution is 5.73. The lowest BCUT2D eigenvalue weighted by atomic mass is 9.89. The van der Waals surface area contributed by atoms with Gasteiger partial charge in [-0.15, -0.1) is 0 Å². The minimum Gasteiger partial charge on any atom is -0.391 e. The van der Waals surface area contributed by atoms with Crippen molar-refractivity contribution in [2.75, 3.05) is 20.1 Å². The number of hydrogen-bond donors (Lipinski definition) is 1. The molecule has 0 aromatic rings. The second kappa shape index (κ2) is 6.02. The van der Waals surface area contributed by atoms with Crippen molar-refractivity contribution in [3.8, 4) is 0 Å². The van der Waals surface area contributed by atoms with Gasteiger partial charge in [0.2, 0.25) is 5.91 Å².